The topological polar surface area (TPSA) is 49.4 Å². The molecule has 0 aliphatic carbocycles. The minimum absolute atomic E-state index is 0.272. The summed E-state index contributed by atoms with van der Waals surface area (Å²) in [7, 11) is -2.83. The van der Waals surface area contributed by atoms with Crippen molar-refractivity contribution in [3.63, 3.8) is 0 Å². The Morgan fingerprint density at radius 2 is 2.13 bits per heavy atom. The molecule has 1 N–H and O–H groups in total. The zero-order valence-electron chi connectivity index (χ0n) is 9.86. The van der Waals surface area contributed by atoms with E-state index in [9.17, 15) is 8.42 Å². The van der Waals surface area contributed by atoms with E-state index in [4.69, 9.17) is 0 Å². The standard InChI is InChI=1S/C10H22N2O2S/c1-4-10-8-12(9(2)7-11-10)5-6-15(3,13)14/h9-11H,4-8H2,1-3H3. The van der Waals surface area contributed by atoms with Gasteiger partial charge < -0.3 is 5.32 Å². The van der Waals surface area contributed by atoms with Gasteiger partial charge >= 0.3 is 0 Å². The van der Waals surface area contributed by atoms with Gasteiger partial charge in [-0.25, -0.2) is 8.42 Å². The van der Waals surface area contributed by atoms with E-state index in [1.807, 2.05) is 0 Å². The molecule has 0 aromatic rings. The van der Waals surface area contributed by atoms with Gasteiger partial charge in [-0.1, -0.05) is 6.92 Å². The van der Waals surface area contributed by atoms with Crippen molar-refractivity contribution in [2.45, 2.75) is 32.4 Å². The first-order chi connectivity index (χ1) is 6.92. The highest BCUT2D eigenvalue weighted by Crippen LogP contribution is 2.08. The molecule has 0 aromatic heterocycles. The van der Waals surface area contributed by atoms with E-state index in [-0.39, 0.29) is 5.75 Å². The molecule has 1 heterocycles. The molecule has 90 valence electrons. The van der Waals surface area contributed by atoms with Crippen LogP contribution in [0.5, 0.6) is 0 Å². The smallest absolute Gasteiger partial charge is 0.148 e. The minimum Gasteiger partial charge on any atom is -0.311 e. The van der Waals surface area contributed by atoms with Gasteiger partial charge in [0.25, 0.3) is 0 Å². The number of rotatable bonds is 4. The Balaban J connectivity index is 2.44. The number of hydrogen-bond acceptors (Lipinski definition) is 4. The SMILES string of the molecule is CCC1CN(CCS(C)(=O)=O)C(C)CN1. The molecule has 0 saturated carbocycles. The summed E-state index contributed by atoms with van der Waals surface area (Å²) >= 11 is 0. The summed E-state index contributed by atoms with van der Waals surface area (Å²) in [5.41, 5.74) is 0. The third-order valence-corrected chi connectivity index (χ3v) is 3.95. The lowest BCUT2D eigenvalue weighted by molar-refractivity contribution is 0.147. The van der Waals surface area contributed by atoms with Gasteiger partial charge in [0.05, 0.1) is 5.75 Å². The molecule has 0 bridgehead atoms. The van der Waals surface area contributed by atoms with Gasteiger partial charge in [0.2, 0.25) is 0 Å². The van der Waals surface area contributed by atoms with Crippen LogP contribution in [0.25, 0.3) is 0 Å². The van der Waals surface area contributed by atoms with Gasteiger partial charge in [-0.3, -0.25) is 4.90 Å². The number of nitrogens with one attached hydrogen (secondary N) is 1. The van der Waals surface area contributed by atoms with Crippen molar-refractivity contribution in [2.75, 3.05) is 31.6 Å². The highest BCUT2D eigenvalue weighted by Gasteiger charge is 2.24. The lowest BCUT2D eigenvalue weighted by Gasteiger charge is -2.38. The molecule has 2 unspecified atom stereocenters. The second-order valence-electron chi connectivity index (χ2n) is 4.49. The fourth-order valence-corrected chi connectivity index (χ4v) is 2.43. The molecule has 1 aliphatic heterocycles. The Labute approximate surface area is 93.0 Å². The van der Waals surface area contributed by atoms with Crippen LogP contribution in [0, 0.1) is 0 Å². The quantitative estimate of drug-likeness (QED) is 0.750. The molecule has 1 saturated heterocycles. The molecule has 2 atom stereocenters. The lowest BCUT2D eigenvalue weighted by Crippen LogP contribution is -2.55. The van der Waals surface area contributed by atoms with Gasteiger partial charge in [-0.2, -0.15) is 0 Å². The molecular weight excluding hydrogens is 212 g/mol. The second kappa shape index (κ2) is 5.27. The molecule has 0 radical (unpaired) electrons. The van der Waals surface area contributed by atoms with Crippen LogP contribution in [0.4, 0.5) is 0 Å². The largest absolute Gasteiger partial charge is 0.311 e. The van der Waals surface area contributed by atoms with Crippen LogP contribution >= 0.6 is 0 Å². The van der Waals surface area contributed by atoms with Gasteiger partial charge in [-0.15, -0.1) is 0 Å². The van der Waals surface area contributed by atoms with Crippen LogP contribution in [-0.4, -0.2) is 57.0 Å². The molecule has 0 amide bonds. The van der Waals surface area contributed by atoms with Crippen LogP contribution in [0.3, 0.4) is 0 Å². The molecule has 1 aliphatic rings. The molecule has 1 fully saturated rings. The summed E-state index contributed by atoms with van der Waals surface area (Å²) in [6.45, 7) is 6.89. The summed E-state index contributed by atoms with van der Waals surface area (Å²) in [5.74, 6) is 0.272. The third kappa shape index (κ3) is 4.49. The summed E-state index contributed by atoms with van der Waals surface area (Å²) in [6.07, 6.45) is 2.40. The van der Waals surface area contributed by atoms with E-state index < -0.39 is 9.84 Å². The first-order valence-corrected chi connectivity index (χ1v) is 7.63. The summed E-state index contributed by atoms with van der Waals surface area (Å²) in [5, 5.41) is 3.45. The average molecular weight is 234 g/mol. The van der Waals surface area contributed by atoms with Crippen molar-refractivity contribution in [2.24, 2.45) is 0 Å². The van der Waals surface area contributed by atoms with Crippen molar-refractivity contribution in [3.05, 3.63) is 0 Å². The Hall–Kier alpha value is -0.130. The Kier molecular flexibility index (Phi) is 4.55. The Morgan fingerprint density at radius 1 is 1.47 bits per heavy atom. The highest BCUT2D eigenvalue weighted by molar-refractivity contribution is 7.90. The number of hydrogen-bond donors (Lipinski definition) is 1. The monoisotopic (exact) mass is 234 g/mol. The minimum atomic E-state index is -2.83. The number of piperazine rings is 1. The second-order valence-corrected chi connectivity index (χ2v) is 6.75. The zero-order valence-corrected chi connectivity index (χ0v) is 10.7. The van der Waals surface area contributed by atoms with Crippen LogP contribution in [0.1, 0.15) is 20.3 Å². The maximum absolute atomic E-state index is 11.1. The van der Waals surface area contributed by atoms with Crippen molar-refractivity contribution in [3.8, 4) is 0 Å². The molecule has 1 rings (SSSR count). The van der Waals surface area contributed by atoms with Crippen molar-refractivity contribution < 1.29 is 8.42 Å². The molecule has 15 heavy (non-hydrogen) atoms. The zero-order chi connectivity index (χ0) is 11.5. The third-order valence-electron chi connectivity index (χ3n) is 3.02. The van der Waals surface area contributed by atoms with Crippen LogP contribution < -0.4 is 5.32 Å². The van der Waals surface area contributed by atoms with Gasteiger partial charge in [0, 0.05) is 38.0 Å². The van der Waals surface area contributed by atoms with Gasteiger partial charge in [0.1, 0.15) is 9.84 Å². The van der Waals surface area contributed by atoms with E-state index in [1.54, 1.807) is 0 Å². The number of nitrogens with zero attached hydrogens (tertiary/aromatic N) is 1. The predicted molar refractivity (Wildman–Crippen MR) is 62.8 cm³/mol. The first-order valence-electron chi connectivity index (χ1n) is 5.57. The molecule has 4 nitrogen and oxygen atoms in total. The Bertz CT molecular complexity index is 290. The van der Waals surface area contributed by atoms with E-state index >= 15 is 0 Å². The molecule has 0 aromatic carbocycles. The highest BCUT2D eigenvalue weighted by atomic mass is 32.2. The lowest BCUT2D eigenvalue weighted by atomic mass is 10.1. The van der Waals surface area contributed by atoms with E-state index in [2.05, 4.69) is 24.1 Å². The van der Waals surface area contributed by atoms with Crippen molar-refractivity contribution in [1.29, 1.82) is 0 Å². The average Bonchev–Trinajstić information content (AvgIpc) is 2.15. The van der Waals surface area contributed by atoms with Gasteiger partial charge in [0.15, 0.2) is 0 Å². The summed E-state index contributed by atoms with van der Waals surface area (Å²) < 4.78 is 22.2. The van der Waals surface area contributed by atoms with Crippen molar-refractivity contribution >= 4 is 9.84 Å². The summed E-state index contributed by atoms with van der Waals surface area (Å²) in [6, 6.07) is 0.954. The van der Waals surface area contributed by atoms with Crippen LogP contribution in [0.2, 0.25) is 0 Å². The molecule has 5 heteroatoms. The Morgan fingerprint density at radius 3 is 2.67 bits per heavy atom. The molecular formula is C10H22N2O2S. The predicted octanol–water partition coefficient (Wildman–Crippen LogP) is 0.103. The molecule has 0 spiro atoms. The maximum Gasteiger partial charge on any atom is 0.148 e. The number of sulfone groups is 1. The van der Waals surface area contributed by atoms with Crippen molar-refractivity contribution in [1.82, 2.24) is 10.2 Å². The first kappa shape index (κ1) is 12.9. The van der Waals surface area contributed by atoms with E-state index in [1.165, 1.54) is 6.26 Å². The summed E-state index contributed by atoms with van der Waals surface area (Å²) in [4.78, 5) is 2.27. The normalized spacial score (nSPS) is 29.3. The van der Waals surface area contributed by atoms with E-state index in [0.29, 0.717) is 18.6 Å². The maximum atomic E-state index is 11.1. The van der Waals surface area contributed by atoms with Gasteiger partial charge in [-0.05, 0) is 13.3 Å². The fourth-order valence-electron chi connectivity index (χ4n) is 1.86. The fraction of sp³-hybridized carbons (Fsp3) is 1.00. The van der Waals surface area contributed by atoms with E-state index in [0.717, 1.165) is 19.5 Å². The van der Waals surface area contributed by atoms with Crippen LogP contribution in [-0.2, 0) is 9.84 Å². The van der Waals surface area contributed by atoms with Crippen LogP contribution in [0.15, 0.2) is 0 Å².